The summed E-state index contributed by atoms with van der Waals surface area (Å²) in [7, 11) is 1.94. The summed E-state index contributed by atoms with van der Waals surface area (Å²) in [6.07, 6.45) is 7.72. The molecule has 1 N–H and O–H groups in total. The van der Waals surface area contributed by atoms with Crippen molar-refractivity contribution in [2.24, 2.45) is 7.05 Å². The minimum atomic E-state index is 0.0903. The molecule has 0 amide bonds. The Morgan fingerprint density at radius 2 is 1.75 bits per heavy atom. The maximum atomic E-state index is 4.30. The lowest BCUT2D eigenvalue weighted by atomic mass is 9.95. The number of hydrogen-bond donors (Lipinski definition) is 1. The van der Waals surface area contributed by atoms with Crippen LogP contribution in [0.3, 0.4) is 0 Å². The molecular weight excluding hydrogens is 296 g/mol. The van der Waals surface area contributed by atoms with Crippen molar-refractivity contribution in [1.29, 1.82) is 0 Å². The van der Waals surface area contributed by atoms with Gasteiger partial charge in [-0.25, -0.2) is 0 Å². The fourth-order valence-corrected chi connectivity index (χ4v) is 3.12. The van der Waals surface area contributed by atoms with Gasteiger partial charge >= 0.3 is 0 Å². The van der Waals surface area contributed by atoms with E-state index < -0.39 is 0 Å². The number of benzene rings is 1. The van der Waals surface area contributed by atoms with Crippen LogP contribution in [0.25, 0.3) is 0 Å². The summed E-state index contributed by atoms with van der Waals surface area (Å²) in [5, 5.41) is 8.02. The normalized spacial score (nSPS) is 13.7. The topological polar surface area (TPSA) is 42.7 Å². The van der Waals surface area contributed by atoms with Crippen molar-refractivity contribution in [3.05, 3.63) is 82.9 Å². The number of hydrogen-bond acceptors (Lipinski definition) is 3. The standard InChI is InChI=1S/C20H24N4/c1-14-8-15(2)10-18(9-14)20(17-6-5-7-21-11-17)23-16(3)19-12-22-24(4)13-19/h5-13,16,20,23H,1-4H3/t16-,20-/m1/s1. The van der Waals surface area contributed by atoms with Crippen LogP contribution in [0.15, 0.2) is 55.1 Å². The molecule has 0 saturated heterocycles. The van der Waals surface area contributed by atoms with Crippen molar-refractivity contribution < 1.29 is 0 Å². The number of aryl methyl sites for hydroxylation is 3. The molecule has 0 aliphatic carbocycles. The van der Waals surface area contributed by atoms with Gasteiger partial charge in [-0.15, -0.1) is 0 Å². The Labute approximate surface area is 143 Å². The summed E-state index contributed by atoms with van der Waals surface area (Å²) < 4.78 is 1.84. The molecule has 3 rings (SSSR count). The number of aromatic nitrogens is 3. The van der Waals surface area contributed by atoms with Gasteiger partial charge in [-0.2, -0.15) is 5.10 Å². The Bertz CT molecular complexity index is 787. The molecule has 0 fully saturated rings. The van der Waals surface area contributed by atoms with E-state index in [2.05, 4.69) is 66.6 Å². The van der Waals surface area contributed by atoms with Crippen LogP contribution < -0.4 is 5.32 Å². The Kier molecular flexibility index (Phi) is 4.76. The van der Waals surface area contributed by atoms with E-state index in [0.717, 1.165) is 0 Å². The summed E-state index contributed by atoms with van der Waals surface area (Å²) in [5.41, 5.74) is 6.15. The van der Waals surface area contributed by atoms with E-state index in [1.165, 1.54) is 27.8 Å². The van der Waals surface area contributed by atoms with Gasteiger partial charge in [0.25, 0.3) is 0 Å². The van der Waals surface area contributed by atoms with E-state index in [9.17, 15) is 0 Å². The molecular formula is C20H24N4. The first-order valence-corrected chi connectivity index (χ1v) is 8.25. The fourth-order valence-electron chi connectivity index (χ4n) is 3.12. The molecule has 24 heavy (non-hydrogen) atoms. The van der Waals surface area contributed by atoms with Gasteiger partial charge in [-0.05, 0) is 38.0 Å². The van der Waals surface area contributed by atoms with Gasteiger partial charge in [0, 0.05) is 37.2 Å². The lowest BCUT2D eigenvalue weighted by molar-refractivity contribution is 0.515. The molecule has 0 spiro atoms. The zero-order valence-corrected chi connectivity index (χ0v) is 14.7. The van der Waals surface area contributed by atoms with Crippen LogP contribution in [0, 0.1) is 13.8 Å². The molecule has 0 radical (unpaired) electrons. The van der Waals surface area contributed by atoms with E-state index in [1.807, 2.05) is 36.4 Å². The average Bonchev–Trinajstić information content (AvgIpc) is 2.99. The number of nitrogens with one attached hydrogen (secondary N) is 1. The minimum Gasteiger partial charge on any atom is -0.299 e. The van der Waals surface area contributed by atoms with Crippen molar-refractivity contribution in [2.45, 2.75) is 32.9 Å². The number of rotatable bonds is 5. The van der Waals surface area contributed by atoms with Gasteiger partial charge in [0.2, 0.25) is 0 Å². The lowest BCUT2D eigenvalue weighted by Crippen LogP contribution is -2.25. The third kappa shape index (κ3) is 3.71. The second kappa shape index (κ2) is 6.97. The second-order valence-electron chi connectivity index (χ2n) is 6.48. The second-order valence-corrected chi connectivity index (χ2v) is 6.48. The quantitative estimate of drug-likeness (QED) is 0.776. The van der Waals surface area contributed by atoms with Crippen LogP contribution in [-0.4, -0.2) is 14.8 Å². The molecule has 2 atom stereocenters. The lowest BCUT2D eigenvalue weighted by Gasteiger charge is -2.24. The van der Waals surface area contributed by atoms with Gasteiger partial charge in [-0.3, -0.25) is 15.0 Å². The van der Waals surface area contributed by atoms with Crippen LogP contribution >= 0.6 is 0 Å². The average molecular weight is 320 g/mol. The van der Waals surface area contributed by atoms with Crippen LogP contribution in [0.5, 0.6) is 0 Å². The molecule has 0 aliphatic heterocycles. The van der Waals surface area contributed by atoms with Gasteiger partial charge in [0.15, 0.2) is 0 Å². The molecule has 4 heteroatoms. The van der Waals surface area contributed by atoms with Gasteiger partial charge in [0.1, 0.15) is 0 Å². The van der Waals surface area contributed by atoms with Crippen molar-refractivity contribution in [3.63, 3.8) is 0 Å². The first-order valence-electron chi connectivity index (χ1n) is 8.25. The highest BCUT2D eigenvalue weighted by Crippen LogP contribution is 2.27. The van der Waals surface area contributed by atoms with Crippen LogP contribution in [0.4, 0.5) is 0 Å². The summed E-state index contributed by atoms with van der Waals surface area (Å²) in [5.74, 6) is 0. The molecule has 0 saturated carbocycles. The van der Waals surface area contributed by atoms with Crippen molar-refractivity contribution >= 4 is 0 Å². The maximum Gasteiger partial charge on any atom is 0.0596 e. The number of nitrogens with zero attached hydrogens (tertiary/aromatic N) is 3. The molecule has 0 unspecified atom stereocenters. The largest absolute Gasteiger partial charge is 0.299 e. The van der Waals surface area contributed by atoms with E-state index in [1.54, 1.807) is 0 Å². The smallest absolute Gasteiger partial charge is 0.0596 e. The van der Waals surface area contributed by atoms with Crippen molar-refractivity contribution in [2.75, 3.05) is 0 Å². The Morgan fingerprint density at radius 1 is 1.00 bits per heavy atom. The van der Waals surface area contributed by atoms with E-state index in [-0.39, 0.29) is 12.1 Å². The van der Waals surface area contributed by atoms with E-state index >= 15 is 0 Å². The highest BCUT2D eigenvalue weighted by Gasteiger charge is 2.19. The third-order valence-corrected chi connectivity index (χ3v) is 4.24. The Hall–Kier alpha value is -2.46. The van der Waals surface area contributed by atoms with Crippen molar-refractivity contribution in [1.82, 2.24) is 20.1 Å². The molecule has 0 bridgehead atoms. The maximum absolute atomic E-state index is 4.30. The highest BCUT2D eigenvalue weighted by molar-refractivity contribution is 5.36. The van der Waals surface area contributed by atoms with Crippen LogP contribution in [0.2, 0.25) is 0 Å². The zero-order chi connectivity index (χ0) is 17.1. The monoisotopic (exact) mass is 320 g/mol. The SMILES string of the molecule is Cc1cc(C)cc([C@H](N[C@H](C)c2cnn(C)c2)c2cccnc2)c1. The van der Waals surface area contributed by atoms with E-state index in [4.69, 9.17) is 0 Å². The molecule has 2 heterocycles. The van der Waals surface area contributed by atoms with Gasteiger partial charge in [0.05, 0.1) is 12.2 Å². The van der Waals surface area contributed by atoms with Gasteiger partial charge in [-0.1, -0.05) is 35.4 Å². The molecule has 4 nitrogen and oxygen atoms in total. The Morgan fingerprint density at radius 3 is 2.33 bits per heavy atom. The molecule has 1 aromatic carbocycles. The summed E-state index contributed by atoms with van der Waals surface area (Å²) in [6.45, 7) is 6.45. The van der Waals surface area contributed by atoms with E-state index in [0.29, 0.717) is 0 Å². The highest BCUT2D eigenvalue weighted by atomic mass is 15.2. The van der Waals surface area contributed by atoms with Crippen LogP contribution in [0.1, 0.15) is 46.8 Å². The van der Waals surface area contributed by atoms with Crippen LogP contribution in [-0.2, 0) is 7.05 Å². The molecule has 2 aromatic heterocycles. The summed E-state index contributed by atoms with van der Waals surface area (Å²) in [6, 6.07) is 11.1. The summed E-state index contributed by atoms with van der Waals surface area (Å²) >= 11 is 0. The fraction of sp³-hybridized carbons (Fsp3) is 0.300. The predicted octanol–water partition coefficient (Wildman–Crippen LogP) is 3.87. The minimum absolute atomic E-state index is 0.0903. The first kappa shape index (κ1) is 16.4. The third-order valence-electron chi connectivity index (χ3n) is 4.24. The zero-order valence-electron chi connectivity index (χ0n) is 14.7. The van der Waals surface area contributed by atoms with Crippen molar-refractivity contribution in [3.8, 4) is 0 Å². The number of pyridine rings is 1. The molecule has 124 valence electrons. The predicted molar refractivity (Wildman–Crippen MR) is 96.8 cm³/mol. The Balaban J connectivity index is 1.96. The summed E-state index contributed by atoms with van der Waals surface area (Å²) in [4.78, 5) is 4.30. The molecule has 0 aliphatic rings. The first-order chi connectivity index (χ1) is 11.5. The van der Waals surface area contributed by atoms with Gasteiger partial charge < -0.3 is 0 Å². The molecule has 3 aromatic rings.